The number of rotatable bonds is 7. The number of carbonyl (C=O) groups is 1. The molecule has 0 N–H and O–H groups in total. The molecule has 0 saturated carbocycles. The maximum atomic E-state index is 12.2. The van der Waals surface area contributed by atoms with E-state index in [-0.39, 0.29) is 5.91 Å². The standard InChI is InChI=1S/C14H21N5O2S/c1-10(2)7-19-14(15-16-17-19)22-9-13(20)18(4)8-12-6-5-11(3)21-12/h5-6,10H,7-9H2,1-4H3. The van der Waals surface area contributed by atoms with Crippen molar-refractivity contribution in [2.75, 3.05) is 12.8 Å². The molecule has 22 heavy (non-hydrogen) atoms. The van der Waals surface area contributed by atoms with Crippen molar-refractivity contribution in [2.24, 2.45) is 5.92 Å². The van der Waals surface area contributed by atoms with E-state index in [9.17, 15) is 4.79 Å². The van der Waals surface area contributed by atoms with Crippen LogP contribution in [0.1, 0.15) is 25.4 Å². The summed E-state index contributed by atoms with van der Waals surface area (Å²) >= 11 is 1.35. The number of amides is 1. The summed E-state index contributed by atoms with van der Waals surface area (Å²) in [4.78, 5) is 13.8. The molecule has 2 heterocycles. The average Bonchev–Trinajstić information content (AvgIpc) is 3.04. The van der Waals surface area contributed by atoms with Crippen molar-refractivity contribution in [1.82, 2.24) is 25.1 Å². The van der Waals surface area contributed by atoms with Crippen LogP contribution < -0.4 is 0 Å². The van der Waals surface area contributed by atoms with Gasteiger partial charge in [0, 0.05) is 13.6 Å². The molecule has 7 nitrogen and oxygen atoms in total. The lowest BCUT2D eigenvalue weighted by atomic mass is 10.2. The Kier molecular flexibility index (Phi) is 5.59. The Morgan fingerprint density at radius 3 is 2.86 bits per heavy atom. The molecule has 0 aliphatic carbocycles. The van der Waals surface area contributed by atoms with E-state index in [4.69, 9.17) is 4.42 Å². The number of nitrogens with zero attached hydrogens (tertiary/aromatic N) is 5. The summed E-state index contributed by atoms with van der Waals surface area (Å²) in [7, 11) is 1.76. The first-order chi connectivity index (χ1) is 10.5. The molecule has 120 valence electrons. The van der Waals surface area contributed by atoms with E-state index in [0.29, 0.717) is 23.4 Å². The second-order valence-electron chi connectivity index (χ2n) is 5.59. The van der Waals surface area contributed by atoms with Crippen LogP contribution in [0.5, 0.6) is 0 Å². The summed E-state index contributed by atoms with van der Waals surface area (Å²) in [6, 6.07) is 3.78. The zero-order valence-corrected chi connectivity index (χ0v) is 14.1. The zero-order chi connectivity index (χ0) is 16.1. The van der Waals surface area contributed by atoms with Gasteiger partial charge < -0.3 is 9.32 Å². The molecule has 2 rings (SSSR count). The van der Waals surface area contributed by atoms with E-state index < -0.39 is 0 Å². The van der Waals surface area contributed by atoms with Crippen LogP contribution in [-0.2, 0) is 17.9 Å². The van der Waals surface area contributed by atoms with Crippen molar-refractivity contribution in [2.45, 2.75) is 39.0 Å². The third-order valence-corrected chi connectivity index (χ3v) is 3.92. The van der Waals surface area contributed by atoms with Crippen molar-refractivity contribution in [3.05, 3.63) is 23.7 Å². The van der Waals surface area contributed by atoms with Crippen LogP contribution in [0.25, 0.3) is 0 Å². The monoisotopic (exact) mass is 323 g/mol. The number of furan rings is 1. The van der Waals surface area contributed by atoms with Gasteiger partial charge in [0.1, 0.15) is 11.5 Å². The van der Waals surface area contributed by atoms with Crippen molar-refractivity contribution in [3.63, 3.8) is 0 Å². The van der Waals surface area contributed by atoms with Gasteiger partial charge in [-0.05, 0) is 35.4 Å². The number of hydrogen-bond acceptors (Lipinski definition) is 6. The molecule has 0 radical (unpaired) electrons. The lowest BCUT2D eigenvalue weighted by Crippen LogP contribution is -2.27. The van der Waals surface area contributed by atoms with E-state index in [1.165, 1.54) is 11.8 Å². The number of hydrogen-bond donors (Lipinski definition) is 0. The van der Waals surface area contributed by atoms with E-state index in [1.807, 2.05) is 19.1 Å². The first-order valence-corrected chi connectivity index (χ1v) is 8.12. The molecule has 2 aromatic rings. The molecular formula is C14H21N5O2S. The summed E-state index contributed by atoms with van der Waals surface area (Å²) < 4.78 is 7.22. The van der Waals surface area contributed by atoms with Gasteiger partial charge in [-0.25, -0.2) is 4.68 Å². The minimum absolute atomic E-state index is 0.0122. The second-order valence-corrected chi connectivity index (χ2v) is 6.53. The van der Waals surface area contributed by atoms with Crippen LogP contribution >= 0.6 is 11.8 Å². The molecule has 0 bridgehead atoms. The van der Waals surface area contributed by atoms with Crippen LogP contribution in [0.2, 0.25) is 0 Å². The Labute approximate surface area is 134 Å². The highest BCUT2D eigenvalue weighted by molar-refractivity contribution is 7.99. The van der Waals surface area contributed by atoms with Crippen molar-refractivity contribution in [3.8, 4) is 0 Å². The predicted molar refractivity (Wildman–Crippen MR) is 83.3 cm³/mol. The fraction of sp³-hybridized carbons (Fsp3) is 0.571. The average molecular weight is 323 g/mol. The lowest BCUT2D eigenvalue weighted by Gasteiger charge is -2.15. The van der Waals surface area contributed by atoms with Crippen molar-refractivity contribution >= 4 is 17.7 Å². The fourth-order valence-corrected chi connectivity index (χ4v) is 2.72. The number of aromatic nitrogens is 4. The molecule has 0 atom stereocenters. The molecule has 0 saturated heterocycles. The Hall–Kier alpha value is -1.83. The minimum Gasteiger partial charge on any atom is -0.464 e. The SMILES string of the molecule is Cc1ccc(CN(C)C(=O)CSc2nnnn2CC(C)C)o1. The van der Waals surface area contributed by atoms with Gasteiger partial charge in [-0.2, -0.15) is 0 Å². The predicted octanol–water partition coefficient (Wildman–Crippen LogP) is 1.98. The number of tetrazole rings is 1. The van der Waals surface area contributed by atoms with Crippen LogP contribution in [0.4, 0.5) is 0 Å². The first kappa shape index (κ1) is 16.5. The zero-order valence-electron chi connectivity index (χ0n) is 13.3. The summed E-state index contributed by atoms with van der Waals surface area (Å²) in [5.41, 5.74) is 0. The number of aryl methyl sites for hydroxylation is 1. The van der Waals surface area contributed by atoms with Gasteiger partial charge in [0.2, 0.25) is 11.1 Å². The van der Waals surface area contributed by atoms with Crippen molar-refractivity contribution in [1.29, 1.82) is 0 Å². The highest BCUT2D eigenvalue weighted by atomic mass is 32.2. The maximum absolute atomic E-state index is 12.2. The largest absolute Gasteiger partial charge is 0.464 e. The Bertz CT molecular complexity index is 622. The Morgan fingerprint density at radius 1 is 1.45 bits per heavy atom. The van der Waals surface area contributed by atoms with E-state index in [1.54, 1.807) is 16.6 Å². The van der Waals surface area contributed by atoms with Crippen LogP contribution in [-0.4, -0.2) is 43.8 Å². The smallest absolute Gasteiger partial charge is 0.233 e. The van der Waals surface area contributed by atoms with Gasteiger partial charge in [0.15, 0.2) is 0 Å². The minimum atomic E-state index is 0.0122. The normalized spacial score (nSPS) is 11.1. The number of carbonyl (C=O) groups excluding carboxylic acids is 1. The van der Waals surface area contributed by atoms with Gasteiger partial charge in [-0.3, -0.25) is 4.79 Å². The highest BCUT2D eigenvalue weighted by Gasteiger charge is 2.15. The molecule has 0 unspecified atom stereocenters. The topological polar surface area (TPSA) is 77.1 Å². The maximum Gasteiger partial charge on any atom is 0.233 e. The molecule has 1 amide bonds. The van der Waals surface area contributed by atoms with Gasteiger partial charge >= 0.3 is 0 Å². The molecular weight excluding hydrogens is 302 g/mol. The highest BCUT2D eigenvalue weighted by Crippen LogP contribution is 2.16. The third-order valence-electron chi connectivity index (χ3n) is 2.98. The molecule has 0 spiro atoms. The van der Waals surface area contributed by atoms with Gasteiger partial charge in [-0.15, -0.1) is 5.10 Å². The van der Waals surface area contributed by atoms with E-state index >= 15 is 0 Å². The van der Waals surface area contributed by atoms with Crippen LogP contribution in [0.15, 0.2) is 21.7 Å². The number of thioether (sulfide) groups is 1. The Balaban J connectivity index is 1.85. The Morgan fingerprint density at radius 2 is 2.23 bits per heavy atom. The molecule has 0 aliphatic heterocycles. The lowest BCUT2D eigenvalue weighted by molar-refractivity contribution is -0.127. The summed E-state index contributed by atoms with van der Waals surface area (Å²) in [6.45, 7) is 7.28. The van der Waals surface area contributed by atoms with Crippen LogP contribution in [0.3, 0.4) is 0 Å². The summed E-state index contributed by atoms with van der Waals surface area (Å²) in [5, 5.41) is 12.2. The van der Waals surface area contributed by atoms with Gasteiger partial charge in [0.25, 0.3) is 0 Å². The van der Waals surface area contributed by atoms with Gasteiger partial charge in [-0.1, -0.05) is 25.6 Å². The molecule has 8 heteroatoms. The summed E-state index contributed by atoms with van der Waals surface area (Å²) in [5.74, 6) is 2.39. The van der Waals surface area contributed by atoms with Crippen LogP contribution in [0, 0.1) is 12.8 Å². The van der Waals surface area contributed by atoms with Crippen molar-refractivity contribution < 1.29 is 9.21 Å². The fourth-order valence-electron chi connectivity index (χ4n) is 1.89. The van der Waals surface area contributed by atoms with Gasteiger partial charge in [0.05, 0.1) is 12.3 Å². The quantitative estimate of drug-likeness (QED) is 0.725. The first-order valence-electron chi connectivity index (χ1n) is 7.14. The summed E-state index contributed by atoms with van der Waals surface area (Å²) in [6.07, 6.45) is 0. The molecule has 2 aromatic heterocycles. The van der Waals surface area contributed by atoms with E-state index in [0.717, 1.165) is 18.1 Å². The van der Waals surface area contributed by atoms with E-state index in [2.05, 4.69) is 29.4 Å². The molecule has 0 fully saturated rings. The second kappa shape index (κ2) is 7.44. The molecule has 0 aromatic carbocycles. The third kappa shape index (κ3) is 4.59. The molecule has 0 aliphatic rings.